The van der Waals surface area contributed by atoms with Crippen molar-refractivity contribution >= 4 is 34.7 Å². The molecule has 7 nitrogen and oxygen atoms in total. The van der Waals surface area contributed by atoms with Crippen LogP contribution in [0.2, 0.25) is 5.02 Å². The topological polar surface area (TPSA) is 63.2 Å². The van der Waals surface area contributed by atoms with Crippen molar-refractivity contribution < 1.29 is 9.18 Å². The van der Waals surface area contributed by atoms with Crippen molar-refractivity contribution in [3.63, 3.8) is 0 Å². The number of rotatable bonds is 2. The molecule has 0 aliphatic carbocycles. The fraction of sp³-hybridized carbons (Fsp3) is 0.417. The highest BCUT2D eigenvalue weighted by atomic mass is 35.5. The van der Waals surface area contributed by atoms with E-state index in [1.165, 1.54) is 0 Å². The van der Waals surface area contributed by atoms with Crippen molar-refractivity contribution in [2.24, 2.45) is 4.99 Å². The van der Waals surface area contributed by atoms with Crippen LogP contribution in [0.25, 0.3) is 11.1 Å². The number of carbonyl (C=O) groups excluding carboxylic acids is 1. The maximum atomic E-state index is 16.3. The van der Waals surface area contributed by atoms with Gasteiger partial charge in [0.25, 0.3) is 0 Å². The molecule has 2 N–H and O–H groups in total. The van der Waals surface area contributed by atoms with Gasteiger partial charge in [0.1, 0.15) is 12.5 Å². The normalized spacial score (nSPS) is 17.5. The number of nitrogens with zero attached hydrogens (tertiary/aromatic N) is 4. The van der Waals surface area contributed by atoms with Crippen molar-refractivity contribution in [2.45, 2.75) is 26.8 Å². The van der Waals surface area contributed by atoms with Crippen molar-refractivity contribution in [1.82, 2.24) is 15.2 Å². The van der Waals surface area contributed by atoms with Crippen LogP contribution in [-0.4, -0.2) is 61.4 Å². The minimum atomic E-state index is -0.324. The summed E-state index contributed by atoms with van der Waals surface area (Å²) < 4.78 is 16.3. The van der Waals surface area contributed by atoms with Gasteiger partial charge in [-0.3, -0.25) is 4.79 Å². The van der Waals surface area contributed by atoms with E-state index in [4.69, 9.17) is 16.6 Å². The second-order valence-electron chi connectivity index (χ2n) is 8.75. The van der Waals surface area contributed by atoms with E-state index < -0.39 is 0 Å². The smallest absolute Gasteiger partial charge is 0.222 e. The second-order valence-corrected chi connectivity index (χ2v) is 9.16. The minimum absolute atomic E-state index is 0.161. The number of nitrogens with one attached hydrogen (secondary N) is 2. The summed E-state index contributed by atoms with van der Waals surface area (Å²) in [5.74, 6) is 0.585. The fourth-order valence-electron chi connectivity index (χ4n) is 5.01. The maximum Gasteiger partial charge on any atom is 0.222 e. The van der Waals surface area contributed by atoms with E-state index in [1.807, 2.05) is 48.9 Å². The number of halogens is 2. The third-order valence-electron chi connectivity index (χ3n) is 6.74. The third kappa shape index (κ3) is 3.61. The molecule has 0 atom stereocenters. The molecule has 1 saturated heterocycles. The average Bonchev–Trinajstić information content (AvgIpc) is 3.29. The lowest BCUT2D eigenvalue weighted by Gasteiger charge is -2.39. The maximum absolute atomic E-state index is 16.3. The summed E-state index contributed by atoms with van der Waals surface area (Å²) in [7, 11) is 1.85. The Morgan fingerprint density at radius 3 is 2.70 bits per heavy atom. The van der Waals surface area contributed by atoms with Crippen LogP contribution in [-0.2, 0) is 11.3 Å². The lowest BCUT2D eigenvalue weighted by atomic mass is 9.91. The van der Waals surface area contributed by atoms with Crippen LogP contribution in [0.5, 0.6) is 0 Å². The summed E-state index contributed by atoms with van der Waals surface area (Å²) in [5.41, 5.74) is 11.7. The summed E-state index contributed by atoms with van der Waals surface area (Å²) in [6, 6.07) is 5.83. The summed E-state index contributed by atoms with van der Waals surface area (Å²) >= 11 is 6.78. The van der Waals surface area contributed by atoms with Gasteiger partial charge < -0.3 is 20.1 Å². The fourth-order valence-corrected chi connectivity index (χ4v) is 5.30. The van der Waals surface area contributed by atoms with Gasteiger partial charge in [-0.15, -0.1) is 0 Å². The van der Waals surface area contributed by atoms with Gasteiger partial charge in [0.15, 0.2) is 5.82 Å². The Kier molecular flexibility index (Phi) is 5.66. The molecule has 0 spiro atoms. The summed E-state index contributed by atoms with van der Waals surface area (Å²) in [6.45, 7) is 7.43. The molecule has 3 aliphatic rings. The molecular formula is C24H28ClFN6O. The Bertz CT molecular complexity index is 1160. The predicted octanol–water partition coefficient (Wildman–Crippen LogP) is 3.59. The number of carbonyl (C=O) groups is 1. The van der Waals surface area contributed by atoms with Crippen LogP contribution in [0.3, 0.4) is 0 Å². The van der Waals surface area contributed by atoms with Gasteiger partial charge in [-0.1, -0.05) is 24.6 Å². The zero-order valence-electron chi connectivity index (χ0n) is 19.1. The molecule has 0 radical (unpaired) electrons. The first-order chi connectivity index (χ1) is 15.9. The number of amidine groups is 1. The van der Waals surface area contributed by atoms with Crippen LogP contribution in [0.15, 0.2) is 23.2 Å². The van der Waals surface area contributed by atoms with Gasteiger partial charge in [-0.25, -0.2) is 14.8 Å². The monoisotopic (exact) mass is 470 g/mol. The number of benzene rings is 2. The van der Waals surface area contributed by atoms with E-state index >= 15 is 4.39 Å². The van der Waals surface area contributed by atoms with Crippen LogP contribution < -0.4 is 15.8 Å². The van der Waals surface area contributed by atoms with Crippen LogP contribution in [0, 0.1) is 12.7 Å². The Labute approximate surface area is 198 Å². The number of aliphatic imine (C=N–C) groups is 1. The van der Waals surface area contributed by atoms with Gasteiger partial charge in [-0.05, 0) is 30.2 Å². The highest BCUT2D eigenvalue weighted by Crippen LogP contribution is 2.44. The molecule has 3 heterocycles. The lowest BCUT2D eigenvalue weighted by molar-refractivity contribution is -0.132. The second kappa shape index (κ2) is 8.50. The molecule has 3 aliphatic heterocycles. The summed E-state index contributed by atoms with van der Waals surface area (Å²) in [5, 5.41) is 0.373. The van der Waals surface area contributed by atoms with Crippen molar-refractivity contribution in [1.29, 1.82) is 0 Å². The first-order valence-corrected chi connectivity index (χ1v) is 11.7. The van der Waals surface area contributed by atoms with Gasteiger partial charge in [-0.2, -0.15) is 0 Å². The quantitative estimate of drug-likeness (QED) is 0.702. The zero-order valence-corrected chi connectivity index (χ0v) is 19.9. The van der Waals surface area contributed by atoms with Crippen LogP contribution >= 0.6 is 11.6 Å². The molecular weight excluding hydrogens is 443 g/mol. The summed E-state index contributed by atoms with van der Waals surface area (Å²) in [6.07, 6.45) is 0.506. The third-order valence-corrected chi connectivity index (χ3v) is 7.04. The van der Waals surface area contributed by atoms with E-state index in [-0.39, 0.29) is 11.7 Å². The van der Waals surface area contributed by atoms with Crippen LogP contribution in [0.4, 0.5) is 15.8 Å². The van der Waals surface area contributed by atoms with Gasteiger partial charge >= 0.3 is 0 Å². The first-order valence-electron chi connectivity index (χ1n) is 11.3. The Morgan fingerprint density at radius 1 is 1.21 bits per heavy atom. The van der Waals surface area contributed by atoms with E-state index in [2.05, 4.69) is 15.8 Å². The predicted molar refractivity (Wildman–Crippen MR) is 130 cm³/mol. The molecule has 2 aromatic rings. The molecule has 33 heavy (non-hydrogen) atoms. The zero-order chi connectivity index (χ0) is 23.3. The molecule has 5 rings (SSSR count). The molecule has 1 fully saturated rings. The molecule has 0 aromatic heterocycles. The van der Waals surface area contributed by atoms with Gasteiger partial charge in [0.2, 0.25) is 5.91 Å². The Hall–Kier alpha value is -2.84. The number of aryl methyl sites for hydroxylation is 1. The molecule has 0 bridgehead atoms. The number of hydrogen-bond acceptors (Lipinski definition) is 6. The minimum Gasteiger partial charge on any atom is -0.353 e. The van der Waals surface area contributed by atoms with Crippen molar-refractivity contribution in [2.75, 3.05) is 50.2 Å². The SMILES string of the molecule is CCC(=O)N1CCN(C2=NCN(C)c3c2cc(Cl)c(-c2c(C)ccc4c2CNN4)c3F)CC1. The van der Waals surface area contributed by atoms with Gasteiger partial charge in [0, 0.05) is 62.9 Å². The number of anilines is 2. The number of hydrogen-bond donors (Lipinski definition) is 2. The number of piperazine rings is 1. The molecule has 174 valence electrons. The molecule has 0 unspecified atom stereocenters. The molecule has 1 amide bonds. The molecule has 2 aromatic carbocycles. The number of hydrazine groups is 1. The molecule has 0 saturated carbocycles. The van der Waals surface area contributed by atoms with Crippen LogP contribution in [0.1, 0.15) is 30.0 Å². The van der Waals surface area contributed by atoms with Crippen molar-refractivity contribution in [3.05, 3.63) is 45.7 Å². The van der Waals surface area contributed by atoms with E-state index in [1.54, 1.807) is 0 Å². The van der Waals surface area contributed by atoms with E-state index in [0.717, 1.165) is 28.2 Å². The average molecular weight is 471 g/mol. The standard InChI is InChI=1S/C24H28ClFN6O/c1-4-19(33)31-7-9-32(10-8-31)24-15-11-17(25)21(22(26)23(15)30(3)13-27-24)20-14(2)5-6-18-16(20)12-28-29-18/h5-6,11,28-29H,4,7-10,12-13H2,1-3H3. The number of amides is 1. The van der Waals surface area contributed by atoms with Gasteiger partial charge in [0.05, 0.1) is 16.4 Å². The first kappa shape index (κ1) is 22.0. The van der Waals surface area contributed by atoms with Crippen molar-refractivity contribution in [3.8, 4) is 11.1 Å². The Morgan fingerprint density at radius 2 is 1.97 bits per heavy atom. The summed E-state index contributed by atoms with van der Waals surface area (Å²) in [4.78, 5) is 22.7. The van der Waals surface area contributed by atoms with E-state index in [9.17, 15) is 4.79 Å². The van der Waals surface area contributed by atoms with E-state index in [0.29, 0.717) is 67.7 Å². The highest BCUT2D eigenvalue weighted by Gasteiger charge is 2.32. The molecule has 9 heteroatoms. The highest BCUT2D eigenvalue weighted by molar-refractivity contribution is 6.34. The Balaban J connectivity index is 1.56. The lowest BCUT2D eigenvalue weighted by Crippen LogP contribution is -2.51. The number of fused-ring (bicyclic) bond motifs is 2. The largest absolute Gasteiger partial charge is 0.353 e.